The van der Waals surface area contributed by atoms with Crippen molar-refractivity contribution in [3.8, 4) is 5.69 Å². The molecule has 1 aliphatic heterocycles. The van der Waals surface area contributed by atoms with Crippen molar-refractivity contribution in [2.75, 3.05) is 10.6 Å². The number of aryl methyl sites for hydroxylation is 3. The number of azo groups is 1. The highest BCUT2D eigenvalue weighted by molar-refractivity contribution is 6.38. The molecule has 4 aromatic carbocycles. The molecular weight excluding hydrogens is 504 g/mol. The maximum absolute atomic E-state index is 13.9. The normalized spacial score (nSPS) is 13.0. The zero-order valence-corrected chi connectivity index (χ0v) is 22.0. The molecule has 0 fully saturated rings. The van der Waals surface area contributed by atoms with Crippen molar-refractivity contribution >= 4 is 45.5 Å². The molecule has 196 valence electrons. The van der Waals surface area contributed by atoms with E-state index in [0.717, 1.165) is 16.0 Å². The van der Waals surface area contributed by atoms with Crippen molar-refractivity contribution in [3.63, 3.8) is 0 Å². The second kappa shape index (κ2) is 9.39. The Hall–Kier alpha value is -5.44. The fourth-order valence-electron chi connectivity index (χ4n) is 4.96. The number of anilines is 2. The molecular formula is C31H24N6O3. The summed E-state index contributed by atoms with van der Waals surface area (Å²) in [6.07, 6.45) is 0. The van der Waals surface area contributed by atoms with E-state index < -0.39 is 17.4 Å². The van der Waals surface area contributed by atoms with Gasteiger partial charge in [0.25, 0.3) is 17.4 Å². The standard InChI is InChI=1S/C31H24N6O3/c1-17-9-13-20(14-10-17)33-34-28-23-19(3)24-26(30(39)36(29(24)38)21-7-5-4-6-8-21)27(32)25(23)31(40)37(35-28)22-15-11-18(2)12-16-22/h4-16H,32H2,1-3H3. The molecule has 1 aromatic heterocycles. The molecule has 0 unspecified atom stereocenters. The number of carbonyl (C=O) groups is 2. The lowest BCUT2D eigenvalue weighted by Crippen LogP contribution is -2.29. The van der Waals surface area contributed by atoms with Gasteiger partial charge in [-0.05, 0) is 62.7 Å². The number of benzene rings is 4. The van der Waals surface area contributed by atoms with E-state index in [1.165, 1.54) is 4.68 Å². The Kier molecular flexibility index (Phi) is 5.84. The number of amides is 2. The third-order valence-corrected chi connectivity index (χ3v) is 7.03. The van der Waals surface area contributed by atoms with Gasteiger partial charge in [0.05, 0.1) is 39.3 Å². The highest BCUT2D eigenvalue weighted by Crippen LogP contribution is 2.41. The quantitative estimate of drug-likeness (QED) is 0.171. The van der Waals surface area contributed by atoms with Crippen molar-refractivity contribution < 1.29 is 9.59 Å². The second-order valence-electron chi connectivity index (χ2n) is 9.73. The molecule has 5 aromatic rings. The van der Waals surface area contributed by atoms with Gasteiger partial charge in [0, 0.05) is 5.39 Å². The van der Waals surface area contributed by atoms with Gasteiger partial charge in [0.2, 0.25) is 5.82 Å². The molecule has 40 heavy (non-hydrogen) atoms. The van der Waals surface area contributed by atoms with Crippen LogP contribution in [0.5, 0.6) is 0 Å². The van der Waals surface area contributed by atoms with Gasteiger partial charge >= 0.3 is 0 Å². The molecule has 1 aliphatic rings. The van der Waals surface area contributed by atoms with Crippen molar-refractivity contribution in [1.82, 2.24) is 9.78 Å². The molecule has 6 rings (SSSR count). The first kappa shape index (κ1) is 24.9. The van der Waals surface area contributed by atoms with E-state index in [9.17, 15) is 14.4 Å². The first-order valence-corrected chi connectivity index (χ1v) is 12.6. The number of aromatic nitrogens is 2. The van der Waals surface area contributed by atoms with E-state index in [4.69, 9.17) is 5.73 Å². The SMILES string of the molecule is Cc1ccc(N=Nc2nn(-c3ccc(C)cc3)c(=O)c3c(N)c4c(c(C)c23)C(=O)N(c2ccccc2)C4=O)cc1. The van der Waals surface area contributed by atoms with Gasteiger partial charge < -0.3 is 5.73 Å². The number of hydrogen-bond donors (Lipinski definition) is 1. The average molecular weight is 529 g/mol. The topological polar surface area (TPSA) is 123 Å². The van der Waals surface area contributed by atoms with Gasteiger partial charge in [-0.25, -0.2) is 4.90 Å². The lowest BCUT2D eigenvalue weighted by Gasteiger charge is -2.14. The van der Waals surface area contributed by atoms with Crippen LogP contribution < -0.4 is 16.2 Å². The number of nitrogens with two attached hydrogens (primary N) is 1. The van der Waals surface area contributed by atoms with Crippen LogP contribution >= 0.6 is 0 Å². The third-order valence-electron chi connectivity index (χ3n) is 7.03. The number of imide groups is 1. The maximum Gasteiger partial charge on any atom is 0.281 e. The Morgan fingerprint density at radius 3 is 1.93 bits per heavy atom. The third kappa shape index (κ3) is 3.87. The molecule has 0 saturated heterocycles. The summed E-state index contributed by atoms with van der Waals surface area (Å²) in [6.45, 7) is 5.58. The number of fused-ring (bicyclic) bond motifs is 2. The van der Waals surface area contributed by atoms with Crippen LogP contribution in [0.4, 0.5) is 22.9 Å². The Morgan fingerprint density at radius 1 is 0.675 bits per heavy atom. The molecule has 0 atom stereocenters. The van der Waals surface area contributed by atoms with E-state index >= 15 is 0 Å². The number of carbonyl (C=O) groups excluding carboxylic acids is 2. The van der Waals surface area contributed by atoms with Crippen LogP contribution in [0.25, 0.3) is 16.5 Å². The van der Waals surface area contributed by atoms with Crippen LogP contribution in [0.2, 0.25) is 0 Å². The molecule has 0 spiro atoms. The monoisotopic (exact) mass is 528 g/mol. The number of nitrogens with zero attached hydrogens (tertiary/aromatic N) is 5. The Balaban J connectivity index is 1.66. The van der Waals surface area contributed by atoms with Gasteiger partial charge in [-0.3, -0.25) is 14.4 Å². The van der Waals surface area contributed by atoms with Crippen molar-refractivity contribution in [2.24, 2.45) is 10.2 Å². The van der Waals surface area contributed by atoms with Gasteiger partial charge in [-0.15, -0.1) is 15.3 Å². The van der Waals surface area contributed by atoms with Crippen LogP contribution in [0.1, 0.15) is 37.4 Å². The first-order valence-electron chi connectivity index (χ1n) is 12.6. The largest absolute Gasteiger partial charge is 0.397 e. The minimum Gasteiger partial charge on any atom is -0.397 e. The summed E-state index contributed by atoms with van der Waals surface area (Å²) in [6, 6.07) is 23.3. The fraction of sp³-hybridized carbons (Fsp3) is 0.0968. The number of hydrogen-bond acceptors (Lipinski definition) is 7. The summed E-state index contributed by atoms with van der Waals surface area (Å²) >= 11 is 0. The first-order chi connectivity index (χ1) is 19.3. The minimum atomic E-state index is -0.588. The Morgan fingerprint density at radius 2 is 1.27 bits per heavy atom. The zero-order valence-electron chi connectivity index (χ0n) is 22.0. The molecule has 2 heterocycles. The average Bonchev–Trinajstić information content (AvgIpc) is 3.22. The van der Waals surface area contributed by atoms with Crippen LogP contribution in [0.15, 0.2) is 93.9 Å². The number of para-hydroxylation sites is 1. The minimum absolute atomic E-state index is 0.000896. The highest BCUT2D eigenvalue weighted by atomic mass is 16.2. The molecule has 9 heteroatoms. The number of rotatable bonds is 4. The van der Waals surface area contributed by atoms with Crippen LogP contribution in [-0.4, -0.2) is 21.6 Å². The lowest BCUT2D eigenvalue weighted by molar-refractivity contribution is 0.0926. The summed E-state index contributed by atoms with van der Waals surface area (Å²) in [7, 11) is 0. The molecule has 2 amide bonds. The molecule has 9 nitrogen and oxygen atoms in total. The second-order valence-corrected chi connectivity index (χ2v) is 9.73. The lowest BCUT2D eigenvalue weighted by atomic mass is 9.95. The summed E-state index contributed by atoms with van der Waals surface area (Å²) in [5.41, 5.74) is 10.0. The van der Waals surface area contributed by atoms with Crippen molar-refractivity contribution in [1.29, 1.82) is 0 Å². The molecule has 0 bridgehead atoms. The van der Waals surface area contributed by atoms with E-state index in [1.807, 2.05) is 50.2 Å². The highest BCUT2D eigenvalue weighted by Gasteiger charge is 2.41. The van der Waals surface area contributed by atoms with E-state index in [-0.39, 0.29) is 33.4 Å². The Labute approximate surface area is 229 Å². The zero-order chi connectivity index (χ0) is 28.1. The van der Waals surface area contributed by atoms with Crippen molar-refractivity contribution in [3.05, 3.63) is 117 Å². The van der Waals surface area contributed by atoms with Crippen LogP contribution in [-0.2, 0) is 0 Å². The van der Waals surface area contributed by atoms with Crippen LogP contribution in [0.3, 0.4) is 0 Å². The summed E-state index contributed by atoms with van der Waals surface area (Å²) < 4.78 is 1.20. The summed E-state index contributed by atoms with van der Waals surface area (Å²) in [5.74, 6) is -1.02. The molecule has 0 saturated carbocycles. The smallest absolute Gasteiger partial charge is 0.281 e. The Bertz CT molecular complexity index is 1930. The van der Waals surface area contributed by atoms with Crippen molar-refractivity contribution in [2.45, 2.75) is 20.8 Å². The van der Waals surface area contributed by atoms with Gasteiger partial charge in [0.1, 0.15) is 0 Å². The number of nitrogen functional groups attached to an aromatic ring is 1. The predicted octanol–water partition coefficient (Wildman–Crippen LogP) is 6.11. The van der Waals surface area contributed by atoms with Crippen LogP contribution in [0, 0.1) is 20.8 Å². The van der Waals surface area contributed by atoms with E-state index in [2.05, 4.69) is 15.3 Å². The molecule has 2 N–H and O–H groups in total. The molecule has 0 aliphatic carbocycles. The van der Waals surface area contributed by atoms with Gasteiger partial charge in [-0.1, -0.05) is 53.6 Å². The van der Waals surface area contributed by atoms with E-state index in [0.29, 0.717) is 22.6 Å². The predicted molar refractivity (Wildman–Crippen MR) is 154 cm³/mol. The van der Waals surface area contributed by atoms with E-state index in [1.54, 1.807) is 49.4 Å². The summed E-state index contributed by atoms with van der Waals surface area (Å²) in [4.78, 5) is 42.3. The van der Waals surface area contributed by atoms with Gasteiger partial charge in [0.15, 0.2) is 0 Å². The molecule has 0 radical (unpaired) electrons. The summed E-state index contributed by atoms with van der Waals surface area (Å²) in [5, 5.41) is 13.7. The maximum atomic E-state index is 13.9. The van der Waals surface area contributed by atoms with Gasteiger partial charge in [-0.2, -0.15) is 4.68 Å². The fourth-order valence-corrected chi connectivity index (χ4v) is 4.96.